The lowest BCUT2D eigenvalue weighted by atomic mass is 10.1. The Morgan fingerprint density at radius 1 is 1.44 bits per heavy atom. The van der Waals surface area contributed by atoms with E-state index in [1.807, 2.05) is 18.7 Å². The molecule has 0 bridgehead atoms. The second-order valence-electron chi connectivity index (χ2n) is 5.08. The van der Waals surface area contributed by atoms with Crippen LogP contribution >= 0.6 is 0 Å². The van der Waals surface area contributed by atoms with Crippen LogP contribution in [0.4, 0.5) is 0 Å². The number of carbonyl (C=O) groups excluding carboxylic acids is 1. The van der Waals surface area contributed by atoms with Crippen LogP contribution in [0.15, 0.2) is 23.5 Å². The maximum atomic E-state index is 12.1. The van der Waals surface area contributed by atoms with Gasteiger partial charge < -0.3 is 9.64 Å². The van der Waals surface area contributed by atoms with Crippen molar-refractivity contribution in [3.05, 3.63) is 23.5 Å². The van der Waals surface area contributed by atoms with E-state index in [-0.39, 0.29) is 12.1 Å². The van der Waals surface area contributed by atoms with Crippen LogP contribution in [-0.2, 0) is 9.53 Å². The number of rotatable bonds is 5. The number of carbonyl (C=O) groups is 1. The third-order valence-corrected chi connectivity index (χ3v) is 3.74. The Hall–Kier alpha value is -1.25. The van der Waals surface area contributed by atoms with Crippen molar-refractivity contribution in [2.75, 3.05) is 6.54 Å². The number of hydrogen-bond acceptors (Lipinski definition) is 2. The molecule has 1 fully saturated rings. The molecule has 100 valence electrons. The van der Waals surface area contributed by atoms with E-state index in [0.717, 1.165) is 56.4 Å². The summed E-state index contributed by atoms with van der Waals surface area (Å²) in [6.07, 6.45) is 10.6. The zero-order chi connectivity index (χ0) is 13.0. The quantitative estimate of drug-likeness (QED) is 0.552. The van der Waals surface area contributed by atoms with Crippen molar-refractivity contribution in [2.45, 2.75) is 58.6 Å². The topological polar surface area (TPSA) is 29.5 Å². The highest BCUT2D eigenvalue weighted by molar-refractivity contribution is 5.94. The SMILES string of the molecule is C/C=C/CCCCC1=C(C)C(=O)N2CCCC2O1. The van der Waals surface area contributed by atoms with E-state index in [0.29, 0.717) is 0 Å². The molecule has 0 aromatic carbocycles. The van der Waals surface area contributed by atoms with E-state index in [9.17, 15) is 4.79 Å². The highest BCUT2D eigenvalue weighted by Crippen LogP contribution is 2.31. The summed E-state index contributed by atoms with van der Waals surface area (Å²) in [6.45, 7) is 4.80. The summed E-state index contributed by atoms with van der Waals surface area (Å²) in [4.78, 5) is 14.0. The molecule has 0 saturated carbocycles. The highest BCUT2D eigenvalue weighted by Gasteiger charge is 2.36. The summed E-state index contributed by atoms with van der Waals surface area (Å²) in [5.41, 5.74) is 0.819. The van der Waals surface area contributed by atoms with Crippen LogP contribution in [0.3, 0.4) is 0 Å². The van der Waals surface area contributed by atoms with Crippen molar-refractivity contribution in [1.82, 2.24) is 4.90 Å². The molecule has 1 unspecified atom stereocenters. The number of ether oxygens (including phenoxy) is 1. The van der Waals surface area contributed by atoms with Gasteiger partial charge >= 0.3 is 0 Å². The normalized spacial score (nSPS) is 23.8. The van der Waals surface area contributed by atoms with Gasteiger partial charge in [0.05, 0.1) is 5.57 Å². The fraction of sp³-hybridized carbons (Fsp3) is 0.667. The van der Waals surface area contributed by atoms with E-state index in [2.05, 4.69) is 12.2 Å². The van der Waals surface area contributed by atoms with Crippen LogP contribution in [0.5, 0.6) is 0 Å². The van der Waals surface area contributed by atoms with E-state index >= 15 is 0 Å². The fourth-order valence-corrected chi connectivity index (χ4v) is 2.64. The zero-order valence-corrected chi connectivity index (χ0v) is 11.4. The van der Waals surface area contributed by atoms with Gasteiger partial charge in [0.2, 0.25) is 0 Å². The first kappa shape index (κ1) is 13.2. The summed E-state index contributed by atoms with van der Waals surface area (Å²) < 4.78 is 5.97. The van der Waals surface area contributed by atoms with Crippen molar-refractivity contribution in [3.8, 4) is 0 Å². The standard InChI is InChI=1S/C15H23NO2/c1-3-4-5-6-7-9-13-12(2)15(17)16-11-8-10-14(16)18-13/h3-4,14H,5-11H2,1-2H3/b4-3+. The van der Waals surface area contributed by atoms with Crippen LogP contribution < -0.4 is 0 Å². The van der Waals surface area contributed by atoms with E-state index in [1.54, 1.807) is 0 Å². The average molecular weight is 249 g/mol. The molecule has 1 atom stereocenters. The van der Waals surface area contributed by atoms with Crippen LogP contribution in [-0.4, -0.2) is 23.6 Å². The number of allylic oxidation sites excluding steroid dienone is 3. The molecule has 2 aliphatic rings. The number of hydrogen-bond donors (Lipinski definition) is 0. The Bertz CT molecular complexity index is 371. The molecule has 3 heteroatoms. The Kier molecular flexibility index (Phi) is 4.45. The molecule has 0 radical (unpaired) electrons. The summed E-state index contributed by atoms with van der Waals surface area (Å²) in [5.74, 6) is 1.12. The van der Waals surface area contributed by atoms with Gasteiger partial charge in [-0.3, -0.25) is 4.79 Å². The van der Waals surface area contributed by atoms with Crippen LogP contribution in [0.1, 0.15) is 52.4 Å². The highest BCUT2D eigenvalue weighted by atomic mass is 16.5. The Morgan fingerprint density at radius 3 is 3.06 bits per heavy atom. The van der Waals surface area contributed by atoms with Crippen molar-refractivity contribution in [3.63, 3.8) is 0 Å². The molecule has 2 rings (SSSR count). The van der Waals surface area contributed by atoms with Gasteiger partial charge in [-0.2, -0.15) is 0 Å². The van der Waals surface area contributed by atoms with Crippen LogP contribution in [0, 0.1) is 0 Å². The third-order valence-electron chi connectivity index (χ3n) is 3.74. The molecular formula is C15H23NO2. The van der Waals surface area contributed by atoms with Gasteiger partial charge in [0.15, 0.2) is 6.23 Å². The van der Waals surface area contributed by atoms with Gasteiger partial charge in [0.25, 0.3) is 5.91 Å². The summed E-state index contributed by atoms with van der Waals surface area (Å²) in [7, 11) is 0. The first-order chi connectivity index (χ1) is 8.74. The lowest BCUT2D eigenvalue weighted by molar-refractivity contribution is -0.139. The third kappa shape index (κ3) is 2.77. The Balaban J connectivity index is 1.89. The van der Waals surface area contributed by atoms with Crippen molar-refractivity contribution < 1.29 is 9.53 Å². The van der Waals surface area contributed by atoms with Crippen LogP contribution in [0.2, 0.25) is 0 Å². The molecule has 0 aromatic rings. The predicted octanol–water partition coefficient (Wildman–Crippen LogP) is 3.38. The fourth-order valence-electron chi connectivity index (χ4n) is 2.64. The minimum atomic E-state index is 0.0201. The molecule has 3 nitrogen and oxygen atoms in total. The predicted molar refractivity (Wildman–Crippen MR) is 71.8 cm³/mol. The summed E-state index contributed by atoms with van der Waals surface area (Å²) in [6, 6.07) is 0. The molecule has 0 aromatic heterocycles. The van der Waals surface area contributed by atoms with Gasteiger partial charge in [0.1, 0.15) is 5.76 Å². The second-order valence-corrected chi connectivity index (χ2v) is 5.08. The van der Waals surface area contributed by atoms with Gasteiger partial charge in [-0.15, -0.1) is 0 Å². The number of nitrogens with zero attached hydrogens (tertiary/aromatic N) is 1. The lowest BCUT2D eigenvalue weighted by Crippen LogP contribution is -2.41. The smallest absolute Gasteiger partial charge is 0.255 e. The molecule has 2 aliphatic heterocycles. The Morgan fingerprint density at radius 2 is 2.28 bits per heavy atom. The first-order valence-corrected chi connectivity index (χ1v) is 7.02. The molecule has 18 heavy (non-hydrogen) atoms. The number of fused-ring (bicyclic) bond motifs is 1. The molecule has 2 heterocycles. The van der Waals surface area contributed by atoms with Crippen molar-refractivity contribution >= 4 is 5.91 Å². The minimum Gasteiger partial charge on any atom is -0.474 e. The largest absolute Gasteiger partial charge is 0.474 e. The zero-order valence-electron chi connectivity index (χ0n) is 11.4. The van der Waals surface area contributed by atoms with E-state index in [4.69, 9.17) is 4.74 Å². The molecule has 1 amide bonds. The Labute approximate surface area is 109 Å². The van der Waals surface area contributed by atoms with Crippen molar-refractivity contribution in [1.29, 1.82) is 0 Å². The minimum absolute atomic E-state index is 0.0201. The molecule has 1 saturated heterocycles. The van der Waals surface area contributed by atoms with Crippen molar-refractivity contribution in [2.24, 2.45) is 0 Å². The molecule has 0 N–H and O–H groups in total. The lowest BCUT2D eigenvalue weighted by Gasteiger charge is -2.32. The number of unbranched alkanes of at least 4 members (excludes halogenated alkanes) is 2. The monoisotopic (exact) mass is 249 g/mol. The number of amides is 1. The van der Waals surface area contributed by atoms with Gasteiger partial charge in [0, 0.05) is 19.4 Å². The molecule has 0 aliphatic carbocycles. The van der Waals surface area contributed by atoms with Gasteiger partial charge in [-0.1, -0.05) is 12.2 Å². The van der Waals surface area contributed by atoms with Crippen LogP contribution in [0.25, 0.3) is 0 Å². The second kappa shape index (κ2) is 6.07. The van der Waals surface area contributed by atoms with Gasteiger partial charge in [-0.25, -0.2) is 0 Å². The maximum absolute atomic E-state index is 12.1. The maximum Gasteiger partial charge on any atom is 0.255 e. The molecule has 0 spiro atoms. The average Bonchev–Trinajstić information content (AvgIpc) is 2.83. The first-order valence-electron chi connectivity index (χ1n) is 7.02. The summed E-state index contributed by atoms with van der Waals surface area (Å²) >= 11 is 0. The van der Waals surface area contributed by atoms with E-state index in [1.165, 1.54) is 0 Å². The van der Waals surface area contributed by atoms with E-state index < -0.39 is 0 Å². The summed E-state index contributed by atoms with van der Waals surface area (Å²) in [5, 5.41) is 0. The van der Waals surface area contributed by atoms with Gasteiger partial charge in [-0.05, 0) is 39.5 Å². The molecular weight excluding hydrogens is 226 g/mol.